The molecule has 0 atom stereocenters. The lowest BCUT2D eigenvalue weighted by molar-refractivity contribution is 0.0454. The molecular weight excluding hydrogens is 319 g/mol. The molecule has 0 fully saturated rings. The van der Waals surface area contributed by atoms with E-state index in [0.717, 1.165) is 0 Å². The summed E-state index contributed by atoms with van der Waals surface area (Å²) in [7, 11) is 1.23. The maximum Gasteiger partial charge on any atom is 0.374 e. The number of hydrogen-bond donors (Lipinski definition) is 0. The van der Waals surface area contributed by atoms with Crippen LogP contribution in [-0.2, 0) is 16.1 Å². The van der Waals surface area contributed by atoms with E-state index in [1.807, 2.05) is 0 Å². The number of carbonyl (C=O) groups excluding carboxylic acids is 2. The average Bonchev–Trinajstić information content (AvgIpc) is 2.92. The molecule has 0 spiro atoms. The maximum absolute atomic E-state index is 12.0. The zero-order valence-electron chi connectivity index (χ0n) is 10.9. The fourth-order valence-electron chi connectivity index (χ4n) is 1.63. The number of carbonyl (C=O) groups is 2. The van der Waals surface area contributed by atoms with E-state index >= 15 is 0 Å². The van der Waals surface area contributed by atoms with Crippen LogP contribution < -0.4 is 0 Å². The Kier molecular flexibility index (Phi) is 4.88. The van der Waals surface area contributed by atoms with Crippen molar-refractivity contribution in [1.29, 1.82) is 0 Å². The normalized spacial score (nSPS) is 10.2. The van der Waals surface area contributed by atoms with Gasteiger partial charge in [-0.1, -0.05) is 29.3 Å². The van der Waals surface area contributed by atoms with Crippen molar-refractivity contribution in [3.8, 4) is 0 Å². The third-order valence-electron chi connectivity index (χ3n) is 2.64. The highest BCUT2D eigenvalue weighted by molar-refractivity contribution is 6.39. The third-order valence-corrected chi connectivity index (χ3v) is 3.27. The van der Waals surface area contributed by atoms with Crippen LogP contribution in [0.4, 0.5) is 0 Å². The first-order chi connectivity index (χ1) is 10.0. The van der Waals surface area contributed by atoms with Gasteiger partial charge in [-0.2, -0.15) is 0 Å². The van der Waals surface area contributed by atoms with Crippen molar-refractivity contribution in [2.45, 2.75) is 6.61 Å². The summed E-state index contributed by atoms with van der Waals surface area (Å²) in [5.74, 6) is -1.36. The highest BCUT2D eigenvalue weighted by Gasteiger charge is 2.20. The largest absolute Gasteiger partial charge is 0.463 e. The molecule has 5 nitrogen and oxygen atoms in total. The number of esters is 2. The molecule has 110 valence electrons. The molecule has 1 aromatic heterocycles. The zero-order chi connectivity index (χ0) is 15.4. The van der Waals surface area contributed by atoms with E-state index in [-0.39, 0.29) is 28.0 Å². The molecular formula is C14H10Cl2O5. The van der Waals surface area contributed by atoms with E-state index in [4.69, 9.17) is 32.4 Å². The standard InChI is InChI=1S/C14H10Cl2O5/c1-19-14(18)12-8(5-6-20-12)7-21-13(17)11-9(15)3-2-4-10(11)16/h2-6H,7H2,1H3. The number of hydrogen-bond acceptors (Lipinski definition) is 5. The summed E-state index contributed by atoms with van der Waals surface area (Å²) in [5, 5.41) is 0.376. The first-order valence-corrected chi connectivity index (χ1v) is 6.56. The summed E-state index contributed by atoms with van der Waals surface area (Å²) < 4.78 is 14.6. The lowest BCUT2D eigenvalue weighted by Gasteiger charge is -2.07. The minimum atomic E-state index is -0.692. The van der Waals surface area contributed by atoms with Crippen LogP contribution in [0.3, 0.4) is 0 Å². The summed E-state index contributed by atoms with van der Waals surface area (Å²) in [4.78, 5) is 23.4. The Morgan fingerprint density at radius 2 is 1.81 bits per heavy atom. The monoisotopic (exact) mass is 328 g/mol. The number of benzene rings is 1. The third kappa shape index (κ3) is 3.37. The van der Waals surface area contributed by atoms with Crippen molar-refractivity contribution in [3.63, 3.8) is 0 Å². The molecule has 0 radical (unpaired) electrons. The second-order valence-electron chi connectivity index (χ2n) is 3.94. The topological polar surface area (TPSA) is 65.7 Å². The fourth-order valence-corrected chi connectivity index (χ4v) is 2.18. The second-order valence-corrected chi connectivity index (χ2v) is 4.75. The number of halogens is 2. The summed E-state index contributed by atoms with van der Waals surface area (Å²) in [5.41, 5.74) is 0.460. The zero-order valence-corrected chi connectivity index (χ0v) is 12.4. The van der Waals surface area contributed by atoms with Crippen LogP contribution in [0.15, 0.2) is 34.9 Å². The van der Waals surface area contributed by atoms with E-state index in [2.05, 4.69) is 4.74 Å². The summed E-state index contributed by atoms with van der Waals surface area (Å²) in [6.07, 6.45) is 1.30. The summed E-state index contributed by atoms with van der Waals surface area (Å²) >= 11 is 11.8. The molecule has 0 saturated heterocycles. The van der Waals surface area contributed by atoms with E-state index in [1.165, 1.54) is 31.6 Å². The predicted octanol–water partition coefficient (Wildman–Crippen LogP) is 3.73. The molecule has 7 heteroatoms. The molecule has 0 unspecified atom stereocenters. The quantitative estimate of drug-likeness (QED) is 0.800. The molecule has 0 amide bonds. The first-order valence-electron chi connectivity index (χ1n) is 5.80. The molecule has 0 aliphatic rings. The van der Waals surface area contributed by atoms with Crippen LogP contribution >= 0.6 is 23.2 Å². The van der Waals surface area contributed by atoms with E-state index in [9.17, 15) is 9.59 Å². The van der Waals surface area contributed by atoms with Crippen molar-refractivity contribution in [1.82, 2.24) is 0 Å². The predicted molar refractivity (Wildman–Crippen MR) is 75.6 cm³/mol. The van der Waals surface area contributed by atoms with Gasteiger partial charge in [0.2, 0.25) is 5.76 Å². The van der Waals surface area contributed by atoms with Gasteiger partial charge >= 0.3 is 11.9 Å². The Labute approximate surface area is 130 Å². The number of ether oxygens (including phenoxy) is 2. The lowest BCUT2D eigenvalue weighted by Crippen LogP contribution is -2.09. The van der Waals surface area contributed by atoms with Gasteiger partial charge < -0.3 is 13.9 Å². The molecule has 0 aliphatic heterocycles. The Bertz CT molecular complexity index is 658. The molecule has 0 bridgehead atoms. The van der Waals surface area contributed by atoms with Gasteiger partial charge in [-0.3, -0.25) is 0 Å². The molecule has 2 rings (SSSR count). The van der Waals surface area contributed by atoms with Crippen LogP contribution in [0.1, 0.15) is 26.5 Å². The Morgan fingerprint density at radius 3 is 2.43 bits per heavy atom. The smallest absolute Gasteiger partial charge is 0.374 e. The maximum atomic E-state index is 12.0. The lowest BCUT2D eigenvalue weighted by atomic mass is 10.2. The molecule has 0 aliphatic carbocycles. The Morgan fingerprint density at radius 1 is 1.14 bits per heavy atom. The van der Waals surface area contributed by atoms with Gasteiger partial charge in [-0.05, 0) is 18.2 Å². The number of rotatable bonds is 4. The van der Waals surface area contributed by atoms with Crippen LogP contribution in [-0.4, -0.2) is 19.0 Å². The minimum absolute atomic E-state index is 0.0180. The van der Waals surface area contributed by atoms with Crippen LogP contribution in [0.2, 0.25) is 10.0 Å². The van der Waals surface area contributed by atoms with Gasteiger partial charge in [0.25, 0.3) is 0 Å². The van der Waals surface area contributed by atoms with Crippen LogP contribution in [0.5, 0.6) is 0 Å². The van der Waals surface area contributed by atoms with Crippen molar-refractivity contribution < 1.29 is 23.5 Å². The molecule has 2 aromatic rings. The van der Waals surface area contributed by atoms with Gasteiger partial charge in [0.05, 0.1) is 29.0 Å². The molecule has 0 saturated carbocycles. The molecule has 1 aromatic carbocycles. The molecule has 0 N–H and O–H groups in total. The second kappa shape index (κ2) is 6.65. The van der Waals surface area contributed by atoms with Gasteiger partial charge in [-0.15, -0.1) is 0 Å². The van der Waals surface area contributed by atoms with E-state index in [1.54, 1.807) is 6.07 Å². The number of methoxy groups -OCH3 is 1. The molecule has 21 heavy (non-hydrogen) atoms. The van der Waals surface area contributed by atoms with Gasteiger partial charge in [0.1, 0.15) is 6.61 Å². The van der Waals surface area contributed by atoms with Crippen molar-refractivity contribution in [2.24, 2.45) is 0 Å². The Balaban J connectivity index is 2.12. The van der Waals surface area contributed by atoms with Crippen LogP contribution in [0.25, 0.3) is 0 Å². The summed E-state index contributed by atoms with van der Waals surface area (Å²) in [6.45, 7) is -0.165. The van der Waals surface area contributed by atoms with Crippen LogP contribution in [0, 0.1) is 0 Å². The number of furan rings is 1. The minimum Gasteiger partial charge on any atom is -0.463 e. The SMILES string of the molecule is COC(=O)c1occc1COC(=O)c1c(Cl)cccc1Cl. The van der Waals surface area contributed by atoms with E-state index in [0.29, 0.717) is 5.56 Å². The molecule has 1 heterocycles. The van der Waals surface area contributed by atoms with Gasteiger partial charge in [0, 0.05) is 5.56 Å². The highest BCUT2D eigenvalue weighted by Crippen LogP contribution is 2.25. The van der Waals surface area contributed by atoms with Crippen molar-refractivity contribution in [3.05, 3.63) is 57.5 Å². The van der Waals surface area contributed by atoms with Gasteiger partial charge in [0.15, 0.2) is 0 Å². The average molecular weight is 329 g/mol. The van der Waals surface area contributed by atoms with Gasteiger partial charge in [-0.25, -0.2) is 9.59 Å². The fraction of sp³-hybridized carbons (Fsp3) is 0.143. The Hall–Kier alpha value is -1.98. The highest BCUT2D eigenvalue weighted by atomic mass is 35.5. The van der Waals surface area contributed by atoms with E-state index < -0.39 is 11.9 Å². The van der Waals surface area contributed by atoms with Crippen molar-refractivity contribution in [2.75, 3.05) is 7.11 Å². The first kappa shape index (κ1) is 15.4. The summed E-state index contributed by atoms with van der Waals surface area (Å²) in [6, 6.07) is 6.18. The van der Waals surface area contributed by atoms with Crippen molar-refractivity contribution >= 4 is 35.1 Å².